The molecule has 0 aromatic heterocycles. The Hall–Kier alpha value is -1.60. The molecule has 2 rings (SSSR count). The Kier molecular flexibility index (Phi) is 4.01. The number of aryl methyl sites for hydroxylation is 1. The number of hydrogen-bond donors (Lipinski definition) is 3. The Bertz CT molecular complexity index is 602. The maximum Gasteiger partial charge on any atom is 0.241 e. The zero-order valence-corrected chi connectivity index (χ0v) is 12.2. The zero-order chi connectivity index (χ0) is 14.8. The summed E-state index contributed by atoms with van der Waals surface area (Å²) < 4.78 is 27.5. The van der Waals surface area contributed by atoms with Crippen molar-refractivity contribution >= 4 is 15.9 Å². The molecule has 1 aromatic carbocycles. The Morgan fingerprint density at radius 3 is 2.35 bits per heavy atom. The van der Waals surface area contributed by atoms with Crippen LogP contribution in [0.25, 0.3) is 0 Å². The number of sulfonamides is 1. The van der Waals surface area contributed by atoms with E-state index in [2.05, 4.69) is 9.88 Å². The van der Waals surface area contributed by atoms with Gasteiger partial charge in [-0.3, -0.25) is 0 Å². The summed E-state index contributed by atoms with van der Waals surface area (Å²) in [5, 5.41) is 11.9. The number of oxime groups is 1. The molecule has 1 saturated carbocycles. The molecule has 0 amide bonds. The zero-order valence-electron chi connectivity index (χ0n) is 11.3. The van der Waals surface area contributed by atoms with Crippen molar-refractivity contribution < 1.29 is 13.6 Å². The van der Waals surface area contributed by atoms with Gasteiger partial charge >= 0.3 is 0 Å². The quantitative estimate of drug-likeness (QED) is 0.337. The van der Waals surface area contributed by atoms with Crippen LogP contribution < -0.4 is 10.5 Å². The summed E-state index contributed by atoms with van der Waals surface area (Å²) in [6.07, 6.45) is 2.75. The van der Waals surface area contributed by atoms with Crippen molar-refractivity contribution in [3.05, 3.63) is 29.8 Å². The second-order valence-electron chi connectivity index (χ2n) is 5.19. The minimum atomic E-state index is -3.70. The van der Waals surface area contributed by atoms with Gasteiger partial charge in [-0.25, -0.2) is 8.42 Å². The van der Waals surface area contributed by atoms with Crippen LogP contribution in [-0.4, -0.2) is 25.0 Å². The van der Waals surface area contributed by atoms with E-state index in [1.165, 1.54) is 0 Å². The average Bonchev–Trinajstić information content (AvgIpc) is 2.87. The van der Waals surface area contributed by atoms with Crippen LogP contribution in [0.3, 0.4) is 0 Å². The Morgan fingerprint density at radius 1 is 1.30 bits per heavy atom. The van der Waals surface area contributed by atoms with Gasteiger partial charge in [-0.1, -0.05) is 35.7 Å². The average molecular weight is 297 g/mol. The molecular weight excluding hydrogens is 278 g/mol. The van der Waals surface area contributed by atoms with Gasteiger partial charge in [-0.2, -0.15) is 4.72 Å². The molecule has 0 radical (unpaired) electrons. The highest BCUT2D eigenvalue weighted by atomic mass is 32.2. The topological polar surface area (TPSA) is 105 Å². The molecule has 1 aliphatic rings. The van der Waals surface area contributed by atoms with Gasteiger partial charge in [-0.05, 0) is 31.9 Å². The van der Waals surface area contributed by atoms with Gasteiger partial charge in [0.2, 0.25) is 10.0 Å². The molecule has 1 aliphatic carbocycles. The number of nitrogens with one attached hydrogen (secondary N) is 1. The highest BCUT2D eigenvalue weighted by Gasteiger charge is 2.42. The molecule has 0 heterocycles. The number of hydrogen-bond acceptors (Lipinski definition) is 4. The lowest BCUT2D eigenvalue weighted by Gasteiger charge is -2.28. The molecule has 0 bridgehead atoms. The molecule has 1 aromatic rings. The van der Waals surface area contributed by atoms with Crippen molar-refractivity contribution in [2.75, 3.05) is 0 Å². The molecule has 0 unspecified atom stereocenters. The molecular formula is C13H19N3O3S. The van der Waals surface area contributed by atoms with E-state index < -0.39 is 15.6 Å². The van der Waals surface area contributed by atoms with E-state index in [0.717, 1.165) is 18.4 Å². The minimum absolute atomic E-state index is 0.0781. The largest absolute Gasteiger partial charge is 0.409 e. The maximum atomic E-state index is 12.4. The van der Waals surface area contributed by atoms with E-state index in [-0.39, 0.29) is 10.7 Å². The van der Waals surface area contributed by atoms with Crippen molar-refractivity contribution in [1.29, 1.82) is 0 Å². The van der Waals surface area contributed by atoms with Crippen LogP contribution in [0.15, 0.2) is 34.3 Å². The van der Waals surface area contributed by atoms with Crippen LogP contribution in [0, 0.1) is 6.92 Å². The second kappa shape index (κ2) is 5.41. The Labute approximate surface area is 118 Å². The van der Waals surface area contributed by atoms with Crippen molar-refractivity contribution in [3.63, 3.8) is 0 Å². The van der Waals surface area contributed by atoms with E-state index in [1.54, 1.807) is 24.3 Å². The van der Waals surface area contributed by atoms with Crippen LogP contribution >= 0.6 is 0 Å². The van der Waals surface area contributed by atoms with Crippen LogP contribution in [0.1, 0.15) is 31.2 Å². The second-order valence-corrected chi connectivity index (χ2v) is 6.88. The first-order valence-corrected chi connectivity index (χ1v) is 7.97. The summed E-state index contributed by atoms with van der Waals surface area (Å²) in [5.41, 5.74) is 5.70. The van der Waals surface area contributed by atoms with Crippen LogP contribution in [0.4, 0.5) is 0 Å². The monoisotopic (exact) mass is 297 g/mol. The molecule has 6 nitrogen and oxygen atoms in total. The molecule has 4 N–H and O–H groups in total. The summed E-state index contributed by atoms with van der Waals surface area (Å²) in [5.74, 6) is -0.0781. The fraction of sp³-hybridized carbons (Fsp3) is 0.462. The van der Waals surface area contributed by atoms with E-state index in [4.69, 9.17) is 10.9 Å². The molecule has 7 heteroatoms. The summed E-state index contributed by atoms with van der Waals surface area (Å²) in [6, 6.07) is 6.57. The standard InChI is InChI=1S/C13H19N3O3S/c1-10-4-6-11(7-5-10)20(18,19)16-13(12(14)15-17)8-2-3-9-13/h4-7,16-17H,2-3,8-9H2,1H3,(H2,14,15). The summed E-state index contributed by atoms with van der Waals surface area (Å²) >= 11 is 0. The number of rotatable bonds is 4. The lowest BCUT2D eigenvalue weighted by molar-refractivity contribution is 0.309. The van der Waals surface area contributed by atoms with E-state index in [1.807, 2.05) is 6.92 Å². The first-order valence-electron chi connectivity index (χ1n) is 6.48. The van der Waals surface area contributed by atoms with Gasteiger partial charge in [-0.15, -0.1) is 0 Å². The molecule has 0 atom stereocenters. The number of amidine groups is 1. The smallest absolute Gasteiger partial charge is 0.241 e. The first kappa shape index (κ1) is 14.8. The molecule has 1 fully saturated rings. The number of nitrogens with two attached hydrogens (primary N) is 1. The molecule has 20 heavy (non-hydrogen) atoms. The summed E-state index contributed by atoms with van der Waals surface area (Å²) in [6.45, 7) is 1.89. The van der Waals surface area contributed by atoms with Gasteiger partial charge in [0.05, 0.1) is 10.4 Å². The molecule has 110 valence electrons. The SMILES string of the molecule is Cc1ccc(S(=O)(=O)NC2(/C(N)=N/O)CCCC2)cc1. The summed E-state index contributed by atoms with van der Waals surface area (Å²) in [7, 11) is -3.70. The normalized spacial score (nSPS) is 19.1. The van der Waals surface area contributed by atoms with Crippen LogP contribution in [0.5, 0.6) is 0 Å². The number of benzene rings is 1. The van der Waals surface area contributed by atoms with E-state index in [9.17, 15) is 8.42 Å². The summed E-state index contributed by atoms with van der Waals surface area (Å²) in [4.78, 5) is 0.181. The van der Waals surface area contributed by atoms with Crippen LogP contribution in [0.2, 0.25) is 0 Å². The Morgan fingerprint density at radius 2 is 1.85 bits per heavy atom. The van der Waals surface area contributed by atoms with Gasteiger partial charge in [0.1, 0.15) is 0 Å². The third kappa shape index (κ3) is 2.78. The lowest BCUT2D eigenvalue weighted by Crippen LogP contribution is -2.55. The van der Waals surface area contributed by atoms with E-state index >= 15 is 0 Å². The van der Waals surface area contributed by atoms with E-state index in [0.29, 0.717) is 12.8 Å². The molecule has 0 aliphatic heterocycles. The molecule has 0 saturated heterocycles. The molecule has 0 spiro atoms. The first-order chi connectivity index (χ1) is 9.39. The minimum Gasteiger partial charge on any atom is -0.409 e. The van der Waals surface area contributed by atoms with Gasteiger partial charge in [0.25, 0.3) is 0 Å². The third-order valence-electron chi connectivity index (χ3n) is 3.72. The van der Waals surface area contributed by atoms with Crippen molar-refractivity contribution in [3.8, 4) is 0 Å². The highest BCUT2D eigenvalue weighted by molar-refractivity contribution is 7.89. The fourth-order valence-electron chi connectivity index (χ4n) is 2.52. The predicted molar refractivity (Wildman–Crippen MR) is 76.1 cm³/mol. The van der Waals surface area contributed by atoms with Gasteiger partial charge in [0, 0.05) is 0 Å². The third-order valence-corrected chi connectivity index (χ3v) is 5.27. The van der Waals surface area contributed by atoms with Gasteiger partial charge in [0.15, 0.2) is 5.84 Å². The van der Waals surface area contributed by atoms with Gasteiger partial charge < -0.3 is 10.9 Å². The number of nitrogens with zero attached hydrogens (tertiary/aromatic N) is 1. The highest BCUT2D eigenvalue weighted by Crippen LogP contribution is 2.31. The van der Waals surface area contributed by atoms with Crippen LogP contribution in [-0.2, 0) is 10.0 Å². The maximum absolute atomic E-state index is 12.4. The van der Waals surface area contributed by atoms with Crippen molar-refractivity contribution in [2.45, 2.75) is 43.0 Å². The van der Waals surface area contributed by atoms with Crippen molar-refractivity contribution in [2.24, 2.45) is 10.9 Å². The lowest BCUT2D eigenvalue weighted by atomic mass is 9.98. The fourth-order valence-corrected chi connectivity index (χ4v) is 3.95. The Balaban J connectivity index is 2.33. The predicted octanol–water partition coefficient (Wildman–Crippen LogP) is 1.33. The van der Waals surface area contributed by atoms with Crippen molar-refractivity contribution in [1.82, 2.24) is 4.72 Å².